The number of ether oxygens (including phenoxy) is 2. The summed E-state index contributed by atoms with van der Waals surface area (Å²) in [4.78, 5) is 12.7. The van der Waals surface area contributed by atoms with Crippen molar-refractivity contribution in [3.05, 3.63) is 58.6 Å². The van der Waals surface area contributed by atoms with Crippen LogP contribution < -0.4 is 15.2 Å². The van der Waals surface area contributed by atoms with Crippen molar-refractivity contribution in [2.24, 2.45) is 10.8 Å². The van der Waals surface area contributed by atoms with Crippen LogP contribution in [0.1, 0.15) is 15.9 Å². The standard InChI is InChI=1S/C17H18ClN3O3/c1-21(20-16(19)11-6-4-7-12(18)10-11)17(22)15-13(23-2)8-5-9-14(15)24-3/h4-10H,1-3H3,(H2,19,20). The van der Waals surface area contributed by atoms with Crippen molar-refractivity contribution in [2.75, 3.05) is 21.3 Å². The molecule has 6 nitrogen and oxygen atoms in total. The Bertz CT molecular complexity index is 755. The highest BCUT2D eigenvalue weighted by Gasteiger charge is 2.21. The van der Waals surface area contributed by atoms with Crippen molar-refractivity contribution < 1.29 is 14.3 Å². The Morgan fingerprint density at radius 1 is 1.12 bits per heavy atom. The second-order valence-electron chi connectivity index (χ2n) is 4.86. The lowest BCUT2D eigenvalue weighted by atomic mass is 10.1. The van der Waals surface area contributed by atoms with E-state index in [0.717, 1.165) is 5.01 Å². The number of nitrogens with zero attached hydrogens (tertiary/aromatic N) is 2. The summed E-state index contributed by atoms with van der Waals surface area (Å²) in [5.74, 6) is 0.543. The molecule has 2 aromatic rings. The fraction of sp³-hybridized carbons (Fsp3) is 0.176. The fourth-order valence-electron chi connectivity index (χ4n) is 2.14. The van der Waals surface area contributed by atoms with Crippen molar-refractivity contribution in [1.29, 1.82) is 0 Å². The highest BCUT2D eigenvalue weighted by Crippen LogP contribution is 2.29. The van der Waals surface area contributed by atoms with E-state index in [1.807, 2.05) is 0 Å². The van der Waals surface area contributed by atoms with Crippen LogP contribution in [0, 0.1) is 0 Å². The van der Waals surface area contributed by atoms with Gasteiger partial charge in [-0.15, -0.1) is 0 Å². The lowest BCUT2D eigenvalue weighted by molar-refractivity contribution is 0.0792. The number of halogens is 1. The lowest BCUT2D eigenvalue weighted by Crippen LogP contribution is -2.27. The molecule has 0 spiro atoms. The molecule has 2 rings (SSSR count). The largest absolute Gasteiger partial charge is 0.496 e. The van der Waals surface area contributed by atoms with Crippen molar-refractivity contribution in [3.8, 4) is 11.5 Å². The van der Waals surface area contributed by atoms with E-state index in [2.05, 4.69) is 5.10 Å². The molecule has 24 heavy (non-hydrogen) atoms. The third-order valence-electron chi connectivity index (χ3n) is 3.31. The number of hydrogen-bond acceptors (Lipinski definition) is 4. The van der Waals surface area contributed by atoms with Gasteiger partial charge >= 0.3 is 0 Å². The summed E-state index contributed by atoms with van der Waals surface area (Å²) in [6.45, 7) is 0. The second-order valence-corrected chi connectivity index (χ2v) is 5.30. The molecule has 0 aromatic heterocycles. The highest BCUT2D eigenvalue weighted by atomic mass is 35.5. The van der Waals surface area contributed by atoms with Crippen LogP contribution in [0.2, 0.25) is 5.02 Å². The van der Waals surface area contributed by atoms with Crippen LogP contribution >= 0.6 is 11.6 Å². The van der Waals surface area contributed by atoms with Gasteiger partial charge in [-0.05, 0) is 24.3 Å². The van der Waals surface area contributed by atoms with Crippen LogP contribution in [0.25, 0.3) is 0 Å². The first-order chi connectivity index (χ1) is 11.5. The first-order valence-corrected chi connectivity index (χ1v) is 7.44. The van der Waals surface area contributed by atoms with Gasteiger partial charge < -0.3 is 15.2 Å². The van der Waals surface area contributed by atoms with Gasteiger partial charge in [0.15, 0.2) is 5.84 Å². The van der Waals surface area contributed by atoms with E-state index < -0.39 is 5.91 Å². The van der Waals surface area contributed by atoms with Gasteiger partial charge in [0.1, 0.15) is 17.1 Å². The molecule has 0 radical (unpaired) electrons. The molecule has 0 saturated carbocycles. The molecule has 1 amide bonds. The second kappa shape index (κ2) is 7.70. The first-order valence-electron chi connectivity index (χ1n) is 7.07. The Morgan fingerprint density at radius 3 is 2.25 bits per heavy atom. The maximum atomic E-state index is 12.7. The Hall–Kier alpha value is -2.73. The Morgan fingerprint density at radius 2 is 1.71 bits per heavy atom. The van der Waals surface area contributed by atoms with Gasteiger partial charge in [-0.25, -0.2) is 5.01 Å². The zero-order valence-corrected chi connectivity index (χ0v) is 14.4. The van der Waals surface area contributed by atoms with Gasteiger partial charge in [0, 0.05) is 17.6 Å². The molecule has 0 saturated heterocycles. The van der Waals surface area contributed by atoms with E-state index in [4.69, 9.17) is 26.8 Å². The molecule has 0 aliphatic rings. The topological polar surface area (TPSA) is 77.2 Å². The summed E-state index contributed by atoms with van der Waals surface area (Å²) in [6, 6.07) is 12.0. The smallest absolute Gasteiger partial charge is 0.281 e. The van der Waals surface area contributed by atoms with Crippen molar-refractivity contribution in [2.45, 2.75) is 0 Å². The minimum atomic E-state index is -0.408. The van der Waals surface area contributed by atoms with Gasteiger partial charge in [-0.3, -0.25) is 4.79 Å². The number of amidine groups is 1. The maximum absolute atomic E-state index is 12.7. The fourth-order valence-corrected chi connectivity index (χ4v) is 2.33. The summed E-state index contributed by atoms with van der Waals surface area (Å²) in [7, 11) is 4.47. The number of amides is 1. The molecular formula is C17H18ClN3O3. The molecule has 2 aromatic carbocycles. The number of hydrogen-bond donors (Lipinski definition) is 1. The minimum absolute atomic E-state index is 0.169. The van der Waals surface area contributed by atoms with Crippen LogP contribution in [-0.4, -0.2) is 38.0 Å². The Balaban J connectivity index is 2.35. The normalized spacial score (nSPS) is 11.1. The molecule has 0 atom stereocenters. The molecule has 0 unspecified atom stereocenters. The van der Waals surface area contributed by atoms with E-state index in [0.29, 0.717) is 22.1 Å². The number of carbonyl (C=O) groups excluding carboxylic acids is 1. The summed E-state index contributed by atoms with van der Waals surface area (Å²) < 4.78 is 10.5. The molecule has 0 aliphatic heterocycles. The zero-order chi connectivity index (χ0) is 17.7. The number of hydrazone groups is 1. The van der Waals surface area contributed by atoms with E-state index in [1.165, 1.54) is 21.3 Å². The number of benzene rings is 2. The average molecular weight is 348 g/mol. The van der Waals surface area contributed by atoms with Crippen LogP contribution in [0.3, 0.4) is 0 Å². The monoisotopic (exact) mass is 347 g/mol. The minimum Gasteiger partial charge on any atom is -0.496 e. The molecule has 7 heteroatoms. The summed E-state index contributed by atoms with van der Waals surface area (Å²) >= 11 is 5.94. The third-order valence-corrected chi connectivity index (χ3v) is 3.55. The summed E-state index contributed by atoms with van der Waals surface area (Å²) in [6.07, 6.45) is 0. The molecule has 2 N–H and O–H groups in total. The van der Waals surface area contributed by atoms with Gasteiger partial charge in [-0.2, -0.15) is 5.10 Å². The molecule has 0 bridgehead atoms. The number of methoxy groups -OCH3 is 2. The van der Waals surface area contributed by atoms with E-state index in [1.54, 1.807) is 42.5 Å². The van der Waals surface area contributed by atoms with Gasteiger partial charge in [0.05, 0.1) is 14.2 Å². The Labute approximate surface area is 145 Å². The Kier molecular flexibility index (Phi) is 5.65. The molecule has 0 heterocycles. The van der Waals surface area contributed by atoms with Crippen LogP contribution in [-0.2, 0) is 0 Å². The summed E-state index contributed by atoms with van der Waals surface area (Å²) in [5, 5.41) is 5.79. The molecule has 0 fully saturated rings. The molecule has 126 valence electrons. The van der Waals surface area contributed by atoms with Crippen LogP contribution in [0.5, 0.6) is 11.5 Å². The molecular weight excluding hydrogens is 330 g/mol. The zero-order valence-electron chi connectivity index (χ0n) is 13.6. The lowest BCUT2D eigenvalue weighted by Gasteiger charge is -2.17. The van der Waals surface area contributed by atoms with Crippen molar-refractivity contribution in [1.82, 2.24) is 5.01 Å². The van der Waals surface area contributed by atoms with E-state index >= 15 is 0 Å². The number of nitrogens with two attached hydrogens (primary N) is 1. The average Bonchev–Trinajstić information content (AvgIpc) is 2.60. The maximum Gasteiger partial charge on any atom is 0.281 e. The predicted molar refractivity (Wildman–Crippen MR) is 93.8 cm³/mol. The van der Waals surface area contributed by atoms with Crippen LogP contribution in [0.15, 0.2) is 47.6 Å². The number of rotatable bonds is 5. The van der Waals surface area contributed by atoms with Gasteiger partial charge in [-0.1, -0.05) is 29.8 Å². The predicted octanol–water partition coefficient (Wildman–Crippen LogP) is 2.75. The molecule has 0 aliphatic carbocycles. The number of carbonyl (C=O) groups is 1. The third kappa shape index (κ3) is 3.78. The van der Waals surface area contributed by atoms with E-state index in [9.17, 15) is 4.79 Å². The van der Waals surface area contributed by atoms with Crippen molar-refractivity contribution >= 4 is 23.3 Å². The van der Waals surface area contributed by atoms with Gasteiger partial charge in [0.2, 0.25) is 0 Å². The van der Waals surface area contributed by atoms with Gasteiger partial charge in [0.25, 0.3) is 5.91 Å². The SMILES string of the molecule is COc1cccc(OC)c1C(=O)N(C)/N=C(\N)c1cccc(Cl)c1. The first kappa shape index (κ1) is 17.6. The van der Waals surface area contributed by atoms with Crippen LogP contribution in [0.4, 0.5) is 0 Å². The summed E-state index contributed by atoms with van der Waals surface area (Å²) in [5.41, 5.74) is 6.85. The van der Waals surface area contributed by atoms with E-state index in [-0.39, 0.29) is 11.4 Å². The quantitative estimate of drug-likeness (QED) is 0.512. The van der Waals surface area contributed by atoms with Crippen molar-refractivity contribution in [3.63, 3.8) is 0 Å². The highest BCUT2D eigenvalue weighted by molar-refractivity contribution is 6.31.